The highest BCUT2D eigenvalue weighted by Crippen LogP contribution is 2.44. The molecule has 2 aliphatic rings. The Balaban J connectivity index is 2.07. The molecule has 2 nitrogen and oxygen atoms in total. The molecule has 2 rings (SSSR count). The van der Waals surface area contributed by atoms with Crippen molar-refractivity contribution in [1.82, 2.24) is 5.32 Å². The van der Waals surface area contributed by atoms with E-state index < -0.39 is 0 Å². The van der Waals surface area contributed by atoms with E-state index in [0.717, 1.165) is 19.0 Å². The van der Waals surface area contributed by atoms with E-state index in [9.17, 15) is 0 Å². The molecule has 1 aliphatic carbocycles. The Morgan fingerprint density at radius 2 is 2.12 bits per heavy atom. The molecule has 2 heteroatoms. The Labute approximate surface area is 100 Å². The smallest absolute Gasteiger partial charge is 0.0817 e. The Morgan fingerprint density at radius 1 is 1.38 bits per heavy atom. The number of hydrogen-bond donors (Lipinski definition) is 1. The number of morpholine rings is 1. The fourth-order valence-electron chi connectivity index (χ4n) is 3.23. The largest absolute Gasteiger partial charge is 0.366 e. The van der Waals surface area contributed by atoms with Crippen LogP contribution in [0.4, 0.5) is 0 Å². The summed E-state index contributed by atoms with van der Waals surface area (Å²) in [7, 11) is 0. The maximum absolute atomic E-state index is 6.55. The van der Waals surface area contributed by atoms with Gasteiger partial charge >= 0.3 is 0 Å². The van der Waals surface area contributed by atoms with Gasteiger partial charge in [-0.1, -0.05) is 27.2 Å². The average Bonchev–Trinajstić information content (AvgIpc) is 2.61. The van der Waals surface area contributed by atoms with Gasteiger partial charge in [0.15, 0.2) is 0 Å². The van der Waals surface area contributed by atoms with Gasteiger partial charge in [-0.25, -0.2) is 0 Å². The summed E-state index contributed by atoms with van der Waals surface area (Å²) in [5.41, 5.74) is 0.179. The number of hydrogen-bond acceptors (Lipinski definition) is 2. The summed E-state index contributed by atoms with van der Waals surface area (Å²) in [5, 5.41) is 3.61. The van der Waals surface area contributed by atoms with E-state index >= 15 is 0 Å². The number of rotatable bonds is 2. The van der Waals surface area contributed by atoms with Gasteiger partial charge in [-0.15, -0.1) is 0 Å². The summed E-state index contributed by atoms with van der Waals surface area (Å²) >= 11 is 0. The fourth-order valence-corrected chi connectivity index (χ4v) is 3.23. The molecule has 16 heavy (non-hydrogen) atoms. The van der Waals surface area contributed by atoms with Crippen LogP contribution in [-0.4, -0.2) is 24.3 Å². The summed E-state index contributed by atoms with van der Waals surface area (Å²) in [5.74, 6) is 1.47. The molecule has 0 aromatic rings. The second-order valence-electron chi connectivity index (χ2n) is 6.37. The molecule has 1 saturated heterocycles. The first-order chi connectivity index (χ1) is 7.50. The molecule has 1 N–H and O–H groups in total. The highest BCUT2D eigenvalue weighted by atomic mass is 16.5. The monoisotopic (exact) mass is 225 g/mol. The zero-order chi connectivity index (χ0) is 11.8. The Hall–Kier alpha value is -0.0800. The van der Waals surface area contributed by atoms with Crippen molar-refractivity contribution in [3.63, 3.8) is 0 Å². The highest BCUT2D eigenvalue weighted by molar-refractivity contribution is 5.00. The fraction of sp³-hybridized carbons (Fsp3) is 1.00. The molecule has 0 radical (unpaired) electrons. The standard InChI is InChI=1S/C14H27NO/c1-5-12-6-7-14(8-12)10-15-9-13(4,16-14)11(2)3/h11-12,15H,5-10H2,1-4H3. The van der Waals surface area contributed by atoms with Gasteiger partial charge < -0.3 is 10.1 Å². The maximum atomic E-state index is 6.55. The Morgan fingerprint density at radius 3 is 2.69 bits per heavy atom. The molecule has 1 saturated carbocycles. The van der Waals surface area contributed by atoms with Crippen molar-refractivity contribution in [2.24, 2.45) is 11.8 Å². The van der Waals surface area contributed by atoms with E-state index in [0.29, 0.717) is 5.92 Å². The van der Waals surface area contributed by atoms with Crippen LogP contribution in [0, 0.1) is 11.8 Å². The Kier molecular flexibility index (Phi) is 3.33. The van der Waals surface area contributed by atoms with Crippen LogP contribution in [0.3, 0.4) is 0 Å². The zero-order valence-corrected chi connectivity index (χ0v) is 11.3. The van der Waals surface area contributed by atoms with Crippen molar-refractivity contribution in [3.8, 4) is 0 Å². The zero-order valence-electron chi connectivity index (χ0n) is 11.3. The van der Waals surface area contributed by atoms with Crippen LogP contribution < -0.4 is 5.32 Å². The first-order valence-electron chi connectivity index (χ1n) is 6.90. The van der Waals surface area contributed by atoms with Crippen molar-refractivity contribution in [2.45, 2.75) is 64.6 Å². The minimum absolute atomic E-state index is 0.0287. The molecule has 3 atom stereocenters. The van der Waals surface area contributed by atoms with Crippen molar-refractivity contribution in [2.75, 3.05) is 13.1 Å². The van der Waals surface area contributed by atoms with Crippen LogP contribution in [0.5, 0.6) is 0 Å². The first kappa shape index (κ1) is 12.4. The predicted octanol–water partition coefficient (Wildman–Crippen LogP) is 2.97. The van der Waals surface area contributed by atoms with Gasteiger partial charge in [0.2, 0.25) is 0 Å². The van der Waals surface area contributed by atoms with E-state index in [-0.39, 0.29) is 11.2 Å². The molecule has 2 fully saturated rings. The molecule has 1 heterocycles. The molecule has 0 amide bonds. The molecule has 1 spiro atoms. The van der Waals surface area contributed by atoms with Gasteiger partial charge in [-0.05, 0) is 38.0 Å². The minimum atomic E-state index is 0.0287. The molecule has 0 bridgehead atoms. The van der Waals surface area contributed by atoms with Gasteiger partial charge in [0.1, 0.15) is 0 Å². The minimum Gasteiger partial charge on any atom is -0.366 e. The second kappa shape index (κ2) is 4.30. The van der Waals surface area contributed by atoms with Crippen LogP contribution in [0.1, 0.15) is 53.4 Å². The molecule has 3 unspecified atom stereocenters. The van der Waals surface area contributed by atoms with Crippen molar-refractivity contribution >= 4 is 0 Å². The first-order valence-corrected chi connectivity index (χ1v) is 6.90. The molecule has 1 aliphatic heterocycles. The third kappa shape index (κ3) is 2.14. The van der Waals surface area contributed by atoms with Crippen LogP contribution >= 0.6 is 0 Å². The molecule has 0 aromatic carbocycles. The van der Waals surface area contributed by atoms with Crippen LogP contribution in [-0.2, 0) is 4.74 Å². The summed E-state index contributed by atoms with van der Waals surface area (Å²) < 4.78 is 6.55. The normalized spacial score (nSPS) is 44.4. The van der Waals surface area contributed by atoms with Crippen molar-refractivity contribution in [3.05, 3.63) is 0 Å². The van der Waals surface area contributed by atoms with E-state index in [1.165, 1.54) is 25.7 Å². The van der Waals surface area contributed by atoms with Gasteiger partial charge in [0.05, 0.1) is 11.2 Å². The van der Waals surface area contributed by atoms with E-state index in [2.05, 4.69) is 33.0 Å². The van der Waals surface area contributed by atoms with Crippen LogP contribution in [0.25, 0.3) is 0 Å². The summed E-state index contributed by atoms with van der Waals surface area (Å²) in [6, 6.07) is 0. The highest BCUT2D eigenvalue weighted by Gasteiger charge is 2.48. The summed E-state index contributed by atoms with van der Waals surface area (Å²) in [4.78, 5) is 0. The van der Waals surface area contributed by atoms with Gasteiger partial charge in [0.25, 0.3) is 0 Å². The van der Waals surface area contributed by atoms with Crippen molar-refractivity contribution < 1.29 is 4.74 Å². The number of nitrogens with one attached hydrogen (secondary N) is 1. The topological polar surface area (TPSA) is 21.3 Å². The van der Waals surface area contributed by atoms with Crippen molar-refractivity contribution in [1.29, 1.82) is 0 Å². The number of ether oxygens (including phenoxy) is 1. The van der Waals surface area contributed by atoms with Crippen LogP contribution in [0.15, 0.2) is 0 Å². The predicted molar refractivity (Wildman–Crippen MR) is 67.6 cm³/mol. The summed E-state index contributed by atoms with van der Waals surface area (Å²) in [6.07, 6.45) is 5.18. The van der Waals surface area contributed by atoms with E-state index in [4.69, 9.17) is 4.74 Å². The van der Waals surface area contributed by atoms with Gasteiger partial charge in [0, 0.05) is 13.1 Å². The lowest BCUT2D eigenvalue weighted by Gasteiger charge is -2.48. The average molecular weight is 225 g/mol. The molecule has 0 aromatic heterocycles. The van der Waals surface area contributed by atoms with E-state index in [1.807, 2.05) is 0 Å². The molecular formula is C14H27NO. The molecular weight excluding hydrogens is 198 g/mol. The van der Waals surface area contributed by atoms with Gasteiger partial charge in [-0.3, -0.25) is 0 Å². The third-order valence-corrected chi connectivity index (χ3v) is 4.84. The lowest BCUT2D eigenvalue weighted by Crippen LogP contribution is -2.60. The van der Waals surface area contributed by atoms with Gasteiger partial charge in [-0.2, -0.15) is 0 Å². The second-order valence-corrected chi connectivity index (χ2v) is 6.37. The lowest BCUT2D eigenvalue weighted by atomic mass is 9.86. The third-order valence-electron chi connectivity index (χ3n) is 4.84. The maximum Gasteiger partial charge on any atom is 0.0817 e. The SMILES string of the molecule is CCC1CCC2(CNCC(C)(C(C)C)O2)C1. The Bertz CT molecular complexity index is 253. The van der Waals surface area contributed by atoms with E-state index in [1.54, 1.807) is 0 Å². The quantitative estimate of drug-likeness (QED) is 0.780. The lowest BCUT2D eigenvalue weighted by molar-refractivity contribution is -0.187. The summed E-state index contributed by atoms with van der Waals surface area (Å²) in [6.45, 7) is 11.2. The molecule has 94 valence electrons. The van der Waals surface area contributed by atoms with Crippen LogP contribution in [0.2, 0.25) is 0 Å².